The van der Waals surface area contributed by atoms with Crippen molar-refractivity contribution >= 4 is 0 Å². The highest BCUT2D eigenvalue weighted by Crippen LogP contribution is 2.33. The Kier molecular flexibility index (Phi) is 3.49. The van der Waals surface area contributed by atoms with E-state index in [1.54, 1.807) is 0 Å². The summed E-state index contributed by atoms with van der Waals surface area (Å²) in [5, 5.41) is 9.42. The van der Waals surface area contributed by atoms with Gasteiger partial charge in [-0.1, -0.05) is 36.4 Å². The maximum Gasteiger partial charge on any atom is 0.125 e. The first kappa shape index (κ1) is 12.2. The highest BCUT2D eigenvalue weighted by molar-refractivity contribution is 5.38. The zero-order valence-corrected chi connectivity index (χ0v) is 10.6. The van der Waals surface area contributed by atoms with Gasteiger partial charge in [-0.2, -0.15) is 0 Å². The first-order valence-electron chi connectivity index (χ1n) is 6.39. The minimum absolute atomic E-state index is 0.0231. The van der Waals surface area contributed by atoms with E-state index in [9.17, 15) is 5.11 Å². The van der Waals surface area contributed by atoms with Gasteiger partial charge in [0.1, 0.15) is 18.5 Å². The molecule has 0 spiro atoms. The van der Waals surface area contributed by atoms with Gasteiger partial charge in [0.2, 0.25) is 0 Å². The zero-order valence-electron chi connectivity index (χ0n) is 10.6. The van der Waals surface area contributed by atoms with Gasteiger partial charge < -0.3 is 14.6 Å². The Hall–Kier alpha value is -1.84. The minimum atomic E-state index is -0.0231. The van der Waals surface area contributed by atoms with E-state index in [1.165, 1.54) is 0 Å². The van der Waals surface area contributed by atoms with E-state index in [4.69, 9.17) is 9.47 Å². The van der Waals surface area contributed by atoms with Crippen molar-refractivity contribution in [2.24, 2.45) is 0 Å². The van der Waals surface area contributed by atoms with Crippen LogP contribution in [0.3, 0.4) is 0 Å². The fourth-order valence-corrected chi connectivity index (χ4v) is 2.04. The number of hydrogen-bond acceptors (Lipinski definition) is 3. The number of epoxide rings is 1. The van der Waals surface area contributed by atoms with Crippen molar-refractivity contribution in [3.05, 3.63) is 65.2 Å². The fourth-order valence-electron chi connectivity index (χ4n) is 2.04. The largest absolute Gasteiger partial charge is 0.489 e. The molecule has 3 rings (SSSR count). The molecule has 3 heteroatoms. The van der Waals surface area contributed by atoms with E-state index in [2.05, 4.69) is 0 Å². The van der Waals surface area contributed by atoms with Crippen LogP contribution >= 0.6 is 0 Å². The van der Waals surface area contributed by atoms with Gasteiger partial charge in [0, 0.05) is 5.56 Å². The van der Waals surface area contributed by atoms with E-state index in [0.717, 1.165) is 29.0 Å². The Labute approximate surface area is 112 Å². The number of ether oxygens (including phenoxy) is 2. The molecule has 0 radical (unpaired) electrons. The van der Waals surface area contributed by atoms with Crippen LogP contribution in [0, 0.1) is 0 Å². The summed E-state index contributed by atoms with van der Waals surface area (Å²) in [7, 11) is 0. The predicted molar refractivity (Wildman–Crippen MR) is 71.8 cm³/mol. The molecule has 1 aliphatic heterocycles. The molecule has 3 nitrogen and oxygen atoms in total. The topological polar surface area (TPSA) is 42.0 Å². The maximum absolute atomic E-state index is 9.42. The molecule has 2 aromatic rings. The summed E-state index contributed by atoms with van der Waals surface area (Å²) in [5.74, 6) is 0.732. The van der Waals surface area contributed by atoms with Gasteiger partial charge >= 0.3 is 0 Å². The number of rotatable bonds is 5. The highest BCUT2D eigenvalue weighted by atomic mass is 16.6. The van der Waals surface area contributed by atoms with Crippen molar-refractivity contribution in [1.82, 2.24) is 0 Å². The van der Waals surface area contributed by atoms with Crippen molar-refractivity contribution in [3.8, 4) is 5.75 Å². The minimum Gasteiger partial charge on any atom is -0.489 e. The van der Waals surface area contributed by atoms with Gasteiger partial charge in [-0.15, -0.1) is 0 Å². The lowest BCUT2D eigenvalue weighted by Crippen LogP contribution is -1.99. The Morgan fingerprint density at radius 3 is 2.63 bits per heavy atom. The molecule has 0 amide bonds. The molecule has 2 aromatic carbocycles. The van der Waals surface area contributed by atoms with Crippen molar-refractivity contribution in [2.45, 2.75) is 19.3 Å². The molecule has 19 heavy (non-hydrogen) atoms. The number of aliphatic hydroxyl groups is 1. The predicted octanol–water partition coefficient (Wildman–Crippen LogP) is 2.83. The van der Waals surface area contributed by atoms with E-state index < -0.39 is 0 Å². The lowest BCUT2D eigenvalue weighted by molar-refractivity contribution is 0.258. The third-order valence-corrected chi connectivity index (χ3v) is 3.20. The normalized spacial score (nSPS) is 17.2. The van der Waals surface area contributed by atoms with Crippen molar-refractivity contribution in [2.75, 3.05) is 6.61 Å². The van der Waals surface area contributed by atoms with Crippen molar-refractivity contribution < 1.29 is 14.6 Å². The van der Waals surface area contributed by atoms with Gasteiger partial charge in [0.05, 0.1) is 13.2 Å². The molecule has 1 N–H and O–H groups in total. The van der Waals surface area contributed by atoms with E-state index >= 15 is 0 Å². The molecule has 1 saturated heterocycles. The summed E-state index contributed by atoms with van der Waals surface area (Å²) in [5.41, 5.74) is 3.03. The molecule has 0 aromatic heterocycles. The van der Waals surface area contributed by atoms with E-state index in [1.807, 2.05) is 48.5 Å². The summed E-state index contributed by atoms with van der Waals surface area (Å²) in [6.45, 7) is 1.26. The lowest BCUT2D eigenvalue weighted by Gasteiger charge is -2.11. The Balaban J connectivity index is 1.73. The molecular formula is C16H16O3. The maximum atomic E-state index is 9.42. The van der Waals surface area contributed by atoms with Crippen molar-refractivity contribution in [3.63, 3.8) is 0 Å². The Morgan fingerprint density at radius 2 is 1.95 bits per heavy atom. The van der Waals surface area contributed by atoms with Crippen LogP contribution in [0.1, 0.15) is 22.8 Å². The molecule has 98 valence electrons. The third kappa shape index (κ3) is 2.95. The van der Waals surface area contributed by atoms with E-state index in [-0.39, 0.29) is 12.7 Å². The van der Waals surface area contributed by atoms with Gasteiger partial charge in [0.15, 0.2) is 0 Å². The molecule has 1 aliphatic rings. The Morgan fingerprint density at radius 1 is 1.16 bits per heavy atom. The average molecular weight is 256 g/mol. The smallest absolute Gasteiger partial charge is 0.125 e. The quantitative estimate of drug-likeness (QED) is 0.836. The lowest BCUT2D eigenvalue weighted by atomic mass is 10.1. The number of benzene rings is 2. The standard InChI is InChI=1S/C16H16O3/c17-9-14-8-13(16-11-19-16)6-7-15(14)18-10-12-4-2-1-3-5-12/h1-8,16-17H,9-11H2. The molecule has 1 unspecified atom stereocenters. The first-order chi connectivity index (χ1) is 9.36. The monoisotopic (exact) mass is 256 g/mol. The zero-order chi connectivity index (χ0) is 13.1. The average Bonchev–Trinajstić information content (AvgIpc) is 3.30. The van der Waals surface area contributed by atoms with Gasteiger partial charge in [-0.3, -0.25) is 0 Å². The van der Waals surface area contributed by atoms with E-state index in [0.29, 0.717) is 6.61 Å². The van der Waals surface area contributed by atoms with Crippen LogP contribution in [-0.2, 0) is 18.0 Å². The van der Waals surface area contributed by atoms with Gasteiger partial charge in [0.25, 0.3) is 0 Å². The van der Waals surface area contributed by atoms with Gasteiger partial charge in [-0.05, 0) is 23.3 Å². The second-order valence-electron chi connectivity index (χ2n) is 4.62. The molecule has 0 aliphatic carbocycles. The molecule has 1 heterocycles. The summed E-state index contributed by atoms with van der Waals surface area (Å²) < 4.78 is 11.0. The number of hydrogen-bond donors (Lipinski definition) is 1. The van der Waals surface area contributed by atoms with Gasteiger partial charge in [-0.25, -0.2) is 0 Å². The van der Waals surface area contributed by atoms with Crippen LogP contribution in [0.15, 0.2) is 48.5 Å². The third-order valence-electron chi connectivity index (χ3n) is 3.20. The second-order valence-corrected chi connectivity index (χ2v) is 4.62. The second kappa shape index (κ2) is 5.43. The Bertz CT molecular complexity index is 547. The fraction of sp³-hybridized carbons (Fsp3) is 0.250. The molecule has 0 saturated carbocycles. The molecule has 0 bridgehead atoms. The van der Waals surface area contributed by atoms with Crippen LogP contribution < -0.4 is 4.74 Å². The summed E-state index contributed by atoms with van der Waals surface area (Å²) >= 11 is 0. The summed E-state index contributed by atoms with van der Waals surface area (Å²) in [6.07, 6.45) is 0.202. The SMILES string of the molecule is OCc1cc(C2CO2)ccc1OCc1ccccc1. The van der Waals surface area contributed by atoms with Crippen LogP contribution in [0.25, 0.3) is 0 Å². The van der Waals surface area contributed by atoms with Crippen molar-refractivity contribution in [1.29, 1.82) is 0 Å². The van der Waals surface area contributed by atoms with Crippen LogP contribution in [0.5, 0.6) is 5.75 Å². The first-order valence-corrected chi connectivity index (χ1v) is 6.39. The summed E-state index contributed by atoms with van der Waals surface area (Å²) in [6, 6.07) is 15.8. The van der Waals surface area contributed by atoms with Crippen LogP contribution in [-0.4, -0.2) is 11.7 Å². The molecule has 1 atom stereocenters. The van der Waals surface area contributed by atoms with Crippen LogP contribution in [0.4, 0.5) is 0 Å². The number of aliphatic hydroxyl groups excluding tert-OH is 1. The molecule has 1 fully saturated rings. The summed E-state index contributed by atoms with van der Waals surface area (Å²) in [4.78, 5) is 0. The highest BCUT2D eigenvalue weighted by Gasteiger charge is 2.25. The molecular weight excluding hydrogens is 240 g/mol. The van der Waals surface area contributed by atoms with Crippen LogP contribution in [0.2, 0.25) is 0 Å².